The van der Waals surface area contributed by atoms with Crippen LogP contribution >= 0.6 is 0 Å². The van der Waals surface area contributed by atoms with E-state index in [0.717, 1.165) is 41.5 Å². The number of aromatic nitrogens is 3. The fourth-order valence-electron chi connectivity index (χ4n) is 5.02. The number of rotatable bonds is 10. The molecule has 1 N–H and O–H groups in total. The van der Waals surface area contributed by atoms with Crippen LogP contribution < -0.4 is 9.47 Å². The molecule has 0 spiro atoms. The molecule has 1 aliphatic heterocycles. The number of methoxy groups -OCH3 is 1. The van der Waals surface area contributed by atoms with Crippen LogP contribution in [0.4, 0.5) is 5.69 Å². The number of nitrogens with one attached hydrogen (secondary N) is 1. The molecule has 5 aromatic rings. The molecule has 0 bridgehead atoms. The monoisotopic (exact) mass is 562 g/mol. The van der Waals surface area contributed by atoms with Crippen molar-refractivity contribution in [1.82, 2.24) is 14.8 Å². The predicted molar refractivity (Wildman–Crippen MR) is 164 cm³/mol. The van der Waals surface area contributed by atoms with Crippen LogP contribution in [0.2, 0.25) is 0 Å². The molecule has 2 aromatic heterocycles. The lowest BCUT2D eigenvalue weighted by molar-refractivity contribution is -0.384. The zero-order valence-electron chi connectivity index (χ0n) is 23.1. The van der Waals surface area contributed by atoms with Gasteiger partial charge in [0.1, 0.15) is 23.8 Å². The molecular formula is C33H30N4O5. The van der Waals surface area contributed by atoms with Crippen LogP contribution in [0.15, 0.2) is 79.0 Å². The van der Waals surface area contributed by atoms with Crippen molar-refractivity contribution in [2.24, 2.45) is 0 Å². The molecule has 3 heterocycles. The highest BCUT2D eigenvalue weighted by molar-refractivity contribution is 5.83. The number of nitro groups is 1. The average Bonchev–Trinajstić information content (AvgIpc) is 3.79. The molecule has 6 rings (SSSR count). The van der Waals surface area contributed by atoms with E-state index in [2.05, 4.69) is 17.1 Å². The van der Waals surface area contributed by atoms with Gasteiger partial charge in [-0.1, -0.05) is 30.3 Å². The summed E-state index contributed by atoms with van der Waals surface area (Å²) in [5.41, 5.74) is 4.55. The minimum atomic E-state index is -0.399. The summed E-state index contributed by atoms with van der Waals surface area (Å²) in [6.07, 6.45) is 11.7. The second-order valence-corrected chi connectivity index (χ2v) is 9.99. The van der Waals surface area contributed by atoms with E-state index in [4.69, 9.17) is 19.3 Å². The van der Waals surface area contributed by atoms with E-state index in [0.29, 0.717) is 35.2 Å². The summed E-state index contributed by atoms with van der Waals surface area (Å²) in [5.74, 6) is 1.35. The SMILES string of the molecule is COc1cc(OCC2CCCO2)ccc1/C=C/c1cc(/C=C/c2ccc3cc[nH]c3c2)nn1-c1ccccc1[N+](=O)[O-]. The molecule has 0 aliphatic carbocycles. The second-order valence-electron chi connectivity index (χ2n) is 9.99. The molecule has 42 heavy (non-hydrogen) atoms. The summed E-state index contributed by atoms with van der Waals surface area (Å²) in [6.45, 7) is 1.28. The van der Waals surface area contributed by atoms with Gasteiger partial charge >= 0.3 is 0 Å². The summed E-state index contributed by atoms with van der Waals surface area (Å²) in [5, 5.41) is 17.7. The molecule has 1 saturated heterocycles. The van der Waals surface area contributed by atoms with Gasteiger partial charge in [-0.2, -0.15) is 5.10 Å². The number of nitrogens with zero attached hydrogens (tertiary/aromatic N) is 3. The maximum Gasteiger partial charge on any atom is 0.294 e. The van der Waals surface area contributed by atoms with Crippen molar-refractivity contribution in [1.29, 1.82) is 0 Å². The highest BCUT2D eigenvalue weighted by Gasteiger charge is 2.18. The number of para-hydroxylation sites is 2. The van der Waals surface area contributed by atoms with Gasteiger partial charge in [-0.25, -0.2) is 4.68 Å². The fraction of sp³-hybridized carbons (Fsp3) is 0.182. The first-order chi connectivity index (χ1) is 20.6. The van der Waals surface area contributed by atoms with Crippen molar-refractivity contribution in [3.63, 3.8) is 0 Å². The van der Waals surface area contributed by atoms with Crippen LogP contribution in [-0.4, -0.2) is 46.1 Å². The topological polar surface area (TPSA) is 104 Å². The molecule has 1 unspecified atom stereocenters. The lowest BCUT2D eigenvalue weighted by atomic mass is 10.1. The number of nitro benzene ring substituents is 1. The number of hydrogen-bond donors (Lipinski definition) is 1. The van der Waals surface area contributed by atoms with Gasteiger partial charge in [0.25, 0.3) is 5.69 Å². The van der Waals surface area contributed by atoms with Crippen LogP contribution in [0, 0.1) is 10.1 Å². The molecule has 0 radical (unpaired) electrons. The Balaban J connectivity index is 1.31. The Morgan fingerprint density at radius 1 is 1.07 bits per heavy atom. The third-order valence-corrected chi connectivity index (χ3v) is 7.19. The number of H-pyrrole nitrogens is 1. The molecular weight excluding hydrogens is 532 g/mol. The molecule has 9 nitrogen and oxygen atoms in total. The molecule has 1 fully saturated rings. The maximum atomic E-state index is 11.8. The van der Waals surface area contributed by atoms with E-state index < -0.39 is 4.92 Å². The highest BCUT2D eigenvalue weighted by Crippen LogP contribution is 2.29. The van der Waals surface area contributed by atoms with Crippen LogP contribution in [0.25, 0.3) is 40.9 Å². The minimum absolute atomic E-state index is 0.0340. The highest BCUT2D eigenvalue weighted by atomic mass is 16.6. The van der Waals surface area contributed by atoms with Crippen LogP contribution in [0.5, 0.6) is 11.5 Å². The normalized spacial score (nSPS) is 15.2. The smallest absolute Gasteiger partial charge is 0.294 e. The zero-order chi connectivity index (χ0) is 28.9. The first kappa shape index (κ1) is 27.0. The quantitative estimate of drug-likeness (QED) is 0.143. The Bertz CT molecular complexity index is 1780. The van der Waals surface area contributed by atoms with Crippen molar-refractivity contribution in [2.75, 3.05) is 20.3 Å². The number of hydrogen-bond acceptors (Lipinski definition) is 6. The molecule has 1 aliphatic rings. The summed E-state index contributed by atoms with van der Waals surface area (Å²) in [4.78, 5) is 14.7. The van der Waals surface area contributed by atoms with Crippen molar-refractivity contribution < 1.29 is 19.1 Å². The van der Waals surface area contributed by atoms with Gasteiger partial charge in [-0.3, -0.25) is 10.1 Å². The number of benzene rings is 3. The van der Waals surface area contributed by atoms with Crippen molar-refractivity contribution in [3.8, 4) is 17.2 Å². The Labute approximate surface area is 242 Å². The van der Waals surface area contributed by atoms with E-state index in [1.165, 1.54) is 6.07 Å². The standard InChI is InChI=1S/C33H30N4O5/c1-40-33-21-28(42-22-29-5-4-18-41-29)15-12-25(33)11-14-27-20-26(13-9-23-8-10-24-16-17-34-30(24)19-23)35-36(27)31-6-2-3-7-32(31)37(38)39/h2-3,6-17,19-21,29,34H,4-5,18,22H2,1H3/b13-9+,14-11+. The van der Waals surface area contributed by atoms with E-state index in [1.807, 2.05) is 66.9 Å². The maximum absolute atomic E-state index is 11.8. The lowest BCUT2D eigenvalue weighted by Crippen LogP contribution is -2.16. The van der Waals surface area contributed by atoms with Crippen molar-refractivity contribution >= 4 is 40.9 Å². The first-order valence-electron chi connectivity index (χ1n) is 13.8. The van der Waals surface area contributed by atoms with E-state index >= 15 is 0 Å². The largest absolute Gasteiger partial charge is 0.496 e. The molecule has 1 atom stereocenters. The first-order valence-corrected chi connectivity index (χ1v) is 13.8. The summed E-state index contributed by atoms with van der Waals surface area (Å²) < 4.78 is 18.8. The van der Waals surface area contributed by atoms with Crippen LogP contribution in [0.3, 0.4) is 0 Å². The second kappa shape index (κ2) is 12.2. The van der Waals surface area contributed by atoms with E-state index in [-0.39, 0.29) is 11.8 Å². The van der Waals surface area contributed by atoms with Gasteiger partial charge < -0.3 is 19.2 Å². The summed E-state index contributed by atoms with van der Waals surface area (Å²) in [6, 6.07) is 22.3. The van der Waals surface area contributed by atoms with Gasteiger partial charge in [-0.05, 0) is 78.4 Å². The Morgan fingerprint density at radius 3 is 2.81 bits per heavy atom. The van der Waals surface area contributed by atoms with Gasteiger partial charge in [0.15, 0.2) is 0 Å². The average molecular weight is 563 g/mol. The fourth-order valence-corrected chi connectivity index (χ4v) is 5.02. The zero-order valence-corrected chi connectivity index (χ0v) is 23.1. The Kier molecular flexibility index (Phi) is 7.83. The molecule has 3 aromatic carbocycles. The predicted octanol–water partition coefficient (Wildman–Crippen LogP) is 7.17. The third-order valence-electron chi connectivity index (χ3n) is 7.19. The van der Waals surface area contributed by atoms with Gasteiger partial charge in [0.05, 0.1) is 29.5 Å². The van der Waals surface area contributed by atoms with Crippen LogP contribution in [0.1, 0.15) is 35.4 Å². The van der Waals surface area contributed by atoms with Crippen LogP contribution in [-0.2, 0) is 4.74 Å². The van der Waals surface area contributed by atoms with Crippen molar-refractivity contribution in [3.05, 3.63) is 112 Å². The molecule has 0 amide bonds. The molecule has 9 heteroatoms. The molecule has 0 saturated carbocycles. The minimum Gasteiger partial charge on any atom is -0.496 e. The van der Waals surface area contributed by atoms with Gasteiger partial charge in [-0.15, -0.1) is 0 Å². The number of fused-ring (bicyclic) bond motifs is 1. The lowest BCUT2D eigenvalue weighted by Gasteiger charge is -2.13. The summed E-state index contributed by atoms with van der Waals surface area (Å²) >= 11 is 0. The number of ether oxygens (including phenoxy) is 3. The third kappa shape index (κ3) is 5.96. The Morgan fingerprint density at radius 2 is 1.98 bits per heavy atom. The Hall–Kier alpha value is -5.15. The molecule has 212 valence electrons. The van der Waals surface area contributed by atoms with E-state index in [9.17, 15) is 10.1 Å². The van der Waals surface area contributed by atoms with Gasteiger partial charge in [0.2, 0.25) is 0 Å². The summed E-state index contributed by atoms with van der Waals surface area (Å²) in [7, 11) is 1.61. The number of aromatic amines is 1. The van der Waals surface area contributed by atoms with E-state index in [1.54, 1.807) is 30.0 Å². The van der Waals surface area contributed by atoms with Gasteiger partial charge in [0, 0.05) is 36.0 Å². The van der Waals surface area contributed by atoms with Crippen molar-refractivity contribution in [2.45, 2.75) is 18.9 Å².